The number of nitrogens with zero attached hydrogens (tertiary/aromatic N) is 1. The van der Waals surface area contributed by atoms with E-state index in [0.717, 1.165) is 23.7 Å². The molecule has 3 rings (SSSR count). The number of hydrogen-bond donors (Lipinski definition) is 1. The molecule has 0 aliphatic carbocycles. The Morgan fingerprint density at radius 3 is 2.67 bits per heavy atom. The SMILES string of the molecule is CCCN1C(=O)CCc2cc(NS(=O)(=O)Cc3ccc(Cl)cc3F)ccc21. The fourth-order valence-electron chi connectivity index (χ4n) is 3.15. The van der Waals surface area contributed by atoms with Crippen molar-refractivity contribution >= 4 is 38.9 Å². The topological polar surface area (TPSA) is 66.5 Å². The van der Waals surface area contributed by atoms with Gasteiger partial charge in [-0.3, -0.25) is 9.52 Å². The first-order valence-corrected chi connectivity index (χ1v) is 10.7. The normalized spacial score (nSPS) is 14.2. The van der Waals surface area contributed by atoms with Gasteiger partial charge in [-0.15, -0.1) is 0 Å². The monoisotopic (exact) mass is 410 g/mol. The molecule has 1 heterocycles. The van der Waals surface area contributed by atoms with Gasteiger partial charge in [0.25, 0.3) is 0 Å². The van der Waals surface area contributed by atoms with E-state index in [9.17, 15) is 17.6 Å². The van der Waals surface area contributed by atoms with Crippen LogP contribution in [-0.2, 0) is 27.0 Å². The quantitative estimate of drug-likeness (QED) is 0.779. The zero-order chi connectivity index (χ0) is 19.6. The summed E-state index contributed by atoms with van der Waals surface area (Å²) in [5, 5.41) is 0.211. The van der Waals surface area contributed by atoms with Gasteiger partial charge >= 0.3 is 0 Å². The van der Waals surface area contributed by atoms with Gasteiger partial charge in [-0.2, -0.15) is 0 Å². The minimum absolute atomic E-state index is 0.0459. The molecule has 0 aromatic heterocycles. The van der Waals surface area contributed by atoms with Gasteiger partial charge in [0, 0.05) is 34.9 Å². The second-order valence-corrected chi connectivity index (χ2v) is 8.64. The Balaban J connectivity index is 1.80. The molecule has 0 atom stereocenters. The minimum Gasteiger partial charge on any atom is -0.312 e. The van der Waals surface area contributed by atoms with E-state index < -0.39 is 21.6 Å². The van der Waals surface area contributed by atoms with E-state index >= 15 is 0 Å². The third-order valence-corrected chi connectivity index (χ3v) is 5.83. The second kappa shape index (κ2) is 7.86. The lowest BCUT2D eigenvalue weighted by Crippen LogP contribution is -2.35. The third kappa shape index (κ3) is 4.59. The summed E-state index contributed by atoms with van der Waals surface area (Å²) in [4.78, 5) is 13.8. The van der Waals surface area contributed by atoms with Crippen molar-refractivity contribution in [3.05, 3.63) is 58.4 Å². The van der Waals surface area contributed by atoms with Gasteiger partial charge in [-0.25, -0.2) is 12.8 Å². The number of fused-ring (bicyclic) bond motifs is 1. The number of aryl methyl sites for hydroxylation is 1. The highest BCUT2D eigenvalue weighted by atomic mass is 35.5. The van der Waals surface area contributed by atoms with Crippen LogP contribution in [0.1, 0.15) is 30.9 Å². The van der Waals surface area contributed by atoms with Crippen LogP contribution in [0.15, 0.2) is 36.4 Å². The number of benzene rings is 2. The maximum absolute atomic E-state index is 13.9. The third-order valence-electron chi connectivity index (χ3n) is 4.36. The van der Waals surface area contributed by atoms with Crippen LogP contribution in [0.4, 0.5) is 15.8 Å². The maximum Gasteiger partial charge on any atom is 0.237 e. The Labute approximate surface area is 163 Å². The average Bonchev–Trinajstić information content (AvgIpc) is 2.59. The number of carbonyl (C=O) groups excluding carboxylic acids is 1. The standard InChI is InChI=1S/C19H20ClFN2O3S/c1-2-9-23-18-7-6-16(10-13(18)4-8-19(23)24)22-27(25,26)12-14-3-5-15(20)11-17(14)21/h3,5-7,10-11,22H,2,4,8-9,12H2,1H3. The zero-order valence-corrected chi connectivity index (χ0v) is 16.4. The molecule has 1 amide bonds. The molecule has 0 bridgehead atoms. The Morgan fingerprint density at radius 1 is 1.19 bits per heavy atom. The lowest BCUT2D eigenvalue weighted by atomic mass is 10.0. The lowest BCUT2D eigenvalue weighted by Gasteiger charge is -2.29. The first-order valence-electron chi connectivity index (χ1n) is 8.67. The van der Waals surface area contributed by atoms with Crippen LogP contribution in [0.3, 0.4) is 0 Å². The van der Waals surface area contributed by atoms with Crippen LogP contribution in [0.25, 0.3) is 0 Å². The smallest absolute Gasteiger partial charge is 0.237 e. The summed E-state index contributed by atoms with van der Waals surface area (Å²) in [5.41, 5.74) is 2.18. The van der Waals surface area contributed by atoms with Crippen molar-refractivity contribution in [2.45, 2.75) is 31.9 Å². The summed E-state index contributed by atoms with van der Waals surface area (Å²) in [7, 11) is -3.80. The minimum atomic E-state index is -3.80. The van der Waals surface area contributed by atoms with Crippen LogP contribution in [-0.4, -0.2) is 20.9 Å². The molecule has 1 aliphatic heterocycles. The van der Waals surface area contributed by atoms with Gasteiger partial charge in [0.1, 0.15) is 5.82 Å². The van der Waals surface area contributed by atoms with Gasteiger partial charge in [-0.1, -0.05) is 24.6 Å². The van der Waals surface area contributed by atoms with E-state index in [4.69, 9.17) is 11.6 Å². The largest absolute Gasteiger partial charge is 0.312 e. The van der Waals surface area contributed by atoms with Gasteiger partial charge in [-0.05, 0) is 48.7 Å². The molecule has 1 N–H and O–H groups in total. The molecule has 0 saturated heterocycles. The van der Waals surface area contributed by atoms with Crippen molar-refractivity contribution in [2.75, 3.05) is 16.2 Å². The van der Waals surface area contributed by atoms with E-state index in [1.807, 2.05) is 6.92 Å². The van der Waals surface area contributed by atoms with Crippen molar-refractivity contribution in [1.82, 2.24) is 0 Å². The van der Waals surface area contributed by atoms with Crippen LogP contribution < -0.4 is 9.62 Å². The average molecular weight is 411 g/mol. The zero-order valence-electron chi connectivity index (χ0n) is 14.8. The van der Waals surface area contributed by atoms with Gasteiger partial charge in [0.05, 0.1) is 5.75 Å². The van der Waals surface area contributed by atoms with E-state index in [-0.39, 0.29) is 16.5 Å². The second-order valence-electron chi connectivity index (χ2n) is 6.49. The molecule has 2 aromatic carbocycles. The summed E-state index contributed by atoms with van der Waals surface area (Å²) < 4.78 is 41.2. The molecule has 27 heavy (non-hydrogen) atoms. The van der Waals surface area contributed by atoms with Crippen LogP contribution in [0, 0.1) is 5.82 Å². The molecular weight excluding hydrogens is 391 g/mol. The molecule has 1 aliphatic rings. The number of rotatable bonds is 6. The van der Waals surface area contributed by atoms with Crippen molar-refractivity contribution in [2.24, 2.45) is 0 Å². The van der Waals surface area contributed by atoms with E-state index in [1.54, 1.807) is 23.1 Å². The van der Waals surface area contributed by atoms with Gasteiger partial charge in [0.15, 0.2) is 0 Å². The molecule has 0 radical (unpaired) electrons. The van der Waals surface area contributed by atoms with E-state index in [1.165, 1.54) is 12.1 Å². The Hall–Kier alpha value is -2.12. The highest BCUT2D eigenvalue weighted by molar-refractivity contribution is 7.91. The van der Waals surface area contributed by atoms with Gasteiger partial charge < -0.3 is 4.90 Å². The lowest BCUT2D eigenvalue weighted by molar-refractivity contribution is -0.118. The van der Waals surface area contributed by atoms with E-state index in [2.05, 4.69) is 4.72 Å². The van der Waals surface area contributed by atoms with Crippen molar-refractivity contribution in [3.63, 3.8) is 0 Å². The molecule has 0 fully saturated rings. The molecule has 2 aromatic rings. The molecule has 8 heteroatoms. The van der Waals surface area contributed by atoms with Gasteiger partial charge in [0.2, 0.25) is 15.9 Å². The number of hydrogen-bond acceptors (Lipinski definition) is 3. The molecule has 0 unspecified atom stereocenters. The summed E-state index contributed by atoms with van der Waals surface area (Å²) in [6, 6.07) is 9.01. The van der Waals surface area contributed by atoms with Crippen LogP contribution in [0.2, 0.25) is 5.02 Å². The first-order chi connectivity index (χ1) is 12.8. The van der Waals surface area contributed by atoms with Crippen molar-refractivity contribution in [1.29, 1.82) is 0 Å². The molecule has 0 spiro atoms. The maximum atomic E-state index is 13.9. The fraction of sp³-hybridized carbons (Fsp3) is 0.316. The molecular formula is C19H20ClFN2O3S. The molecule has 144 valence electrons. The first kappa shape index (κ1) is 19.6. The van der Waals surface area contributed by atoms with Crippen LogP contribution in [0.5, 0.6) is 0 Å². The Kier molecular flexibility index (Phi) is 5.72. The number of anilines is 2. The Bertz CT molecular complexity index is 979. The summed E-state index contributed by atoms with van der Waals surface area (Å²) in [6.07, 6.45) is 1.81. The summed E-state index contributed by atoms with van der Waals surface area (Å²) in [5.74, 6) is -1.07. The van der Waals surface area contributed by atoms with E-state index in [0.29, 0.717) is 25.1 Å². The number of carbonyl (C=O) groups is 1. The highest BCUT2D eigenvalue weighted by Crippen LogP contribution is 2.31. The van der Waals surface area contributed by atoms with Crippen LogP contribution >= 0.6 is 11.6 Å². The number of amides is 1. The summed E-state index contributed by atoms with van der Waals surface area (Å²) in [6.45, 7) is 2.63. The number of sulfonamides is 1. The predicted molar refractivity (Wildman–Crippen MR) is 105 cm³/mol. The highest BCUT2D eigenvalue weighted by Gasteiger charge is 2.24. The molecule has 5 nitrogen and oxygen atoms in total. The van der Waals surface area contributed by atoms with Crippen molar-refractivity contribution < 1.29 is 17.6 Å². The van der Waals surface area contributed by atoms with Crippen molar-refractivity contribution in [3.8, 4) is 0 Å². The Morgan fingerprint density at radius 2 is 1.96 bits per heavy atom. The summed E-state index contributed by atoms with van der Waals surface area (Å²) >= 11 is 5.70. The number of halogens is 2. The fourth-order valence-corrected chi connectivity index (χ4v) is 4.51. The molecule has 0 saturated carbocycles. The number of nitrogens with one attached hydrogen (secondary N) is 1. The predicted octanol–water partition coefficient (Wildman–Crippen LogP) is 4.11.